The third-order valence-corrected chi connectivity index (χ3v) is 4.82. The number of ketones is 1. The summed E-state index contributed by atoms with van der Waals surface area (Å²) < 4.78 is 0. The van der Waals surface area contributed by atoms with Crippen molar-refractivity contribution in [1.82, 2.24) is 0 Å². The molecule has 0 spiro atoms. The maximum atomic E-state index is 12.7. The second-order valence-corrected chi connectivity index (χ2v) is 8.54. The van der Waals surface area contributed by atoms with Gasteiger partial charge in [-0.3, -0.25) is 4.79 Å². The fraction of sp³-hybridized carbons (Fsp3) is 0.640. The molecule has 0 aromatic rings. The van der Waals surface area contributed by atoms with Crippen molar-refractivity contribution >= 4 is 5.78 Å². The van der Waals surface area contributed by atoms with E-state index >= 15 is 0 Å². The van der Waals surface area contributed by atoms with Crippen molar-refractivity contribution in [1.29, 1.82) is 0 Å². The predicted octanol–water partition coefficient (Wildman–Crippen LogP) is 6.03. The van der Waals surface area contributed by atoms with E-state index in [1.165, 1.54) is 6.42 Å². The van der Waals surface area contributed by atoms with Crippen LogP contribution in [0.2, 0.25) is 0 Å². The van der Waals surface area contributed by atoms with Gasteiger partial charge in [-0.2, -0.15) is 0 Å². The molecule has 0 radical (unpaired) electrons. The van der Waals surface area contributed by atoms with E-state index < -0.39 is 12.0 Å². The van der Waals surface area contributed by atoms with Crippen molar-refractivity contribution in [3.63, 3.8) is 0 Å². The first kappa shape index (κ1) is 29.6. The lowest BCUT2D eigenvalue weighted by Gasteiger charge is -2.25. The van der Waals surface area contributed by atoms with E-state index in [1.54, 1.807) is 6.08 Å². The number of carbonyl (C=O) groups is 1. The first-order valence-corrected chi connectivity index (χ1v) is 10.7. The Morgan fingerprint density at radius 1 is 1.10 bits per heavy atom. The largest absolute Gasteiger partial charge is 0.511 e. The Hall–Kier alpha value is -1.65. The quantitative estimate of drug-likeness (QED) is 0.481. The summed E-state index contributed by atoms with van der Waals surface area (Å²) in [6.45, 7) is 16.6. The molecule has 0 fully saturated rings. The van der Waals surface area contributed by atoms with E-state index in [2.05, 4.69) is 20.8 Å². The molecule has 2 atom stereocenters. The van der Waals surface area contributed by atoms with Gasteiger partial charge in [0.2, 0.25) is 0 Å². The molecule has 4 heteroatoms. The van der Waals surface area contributed by atoms with Crippen LogP contribution in [0.15, 0.2) is 46.3 Å². The summed E-state index contributed by atoms with van der Waals surface area (Å²) in [5.41, 5.74) is 3.45. The number of hydrogen-bond acceptors (Lipinski definition) is 3. The molecule has 0 aromatic carbocycles. The topological polar surface area (TPSA) is 89.0 Å². The molecule has 168 valence electrons. The number of aliphatic hydroxyl groups excluding tert-OH is 2. The highest BCUT2D eigenvalue weighted by atomic mass is 16.3. The van der Waals surface area contributed by atoms with Gasteiger partial charge < -0.3 is 15.7 Å². The van der Waals surface area contributed by atoms with Crippen LogP contribution in [0.4, 0.5) is 0 Å². The molecule has 4 N–H and O–H groups in total. The smallest absolute Gasteiger partial charge is 0.172 e. The molecule has 0 aliphatic heterocycles. The fourth-order valence-electron chi connectivity index (χ4n) is 2.62. The lowest BCUT2D eigenvalue weighted by Crippen LogP contribution is -2.29. The predicted molar refractivity (Wildman–Crippen MR) is 124 cm³/mol. The number of Topliss-reactive ketones (excluding diaryl/α,β-unsaturated/α-hetero) is 1. The van der Waals surface area contributed by atoms with Crippen molar-refractivity contribution < 1.29 is 20.5 Å². The summed E-state index contributed by atoms with van der Waals surface area (Å²) in [4.78, 5) is 12.7. The van der Waals surface area contributed by atoms with Gasteiger partial charge in [0.1, 0.15) is 5.76 Å². The SMILES string of the molecule is CCC(C)C.CCCC(O)C1=CC(CC=C(C)C)=C(O)C(CC=C(C)C)C1=O.O. The molecule has 0 aromatic heterocycles. The lowest BCUT2D eigenvalue weighted by molar-refractivity contribution is -0.120. The highest BCUT2D eigenvalue weighted by molar-refractivity contribution is 6.01. The Morgan fingerprint density at radius 2 is 1.62 bits per heavy atom. The molecule has 0 heterocycles. The molecule has 2 unspecified atom stereocenters. The monoisotopic (exact) mass is 408 g/mol. The fourth-order valence-corrected chi connectivity index (χ4v) is 2.62. The highest BCUT2D eigenvalue weighted by Gasteiger charge is 2.33. The van der Waals surface area contributed by atoms with Gasteiger partial charge in [0, 0.05) is 5.57 Å². The summed E-state index contributed by atoms with van der Waals surface area (Å²) >= 11 is 0. The van der Waals surface area contributed by atoms with Crippen LogP contribution in [-0.4, -0.2) is 27.6 Å². The molecule has 4 nitrogen and oxygen atoms in total. The van der Waals surface area contributed by atoms with Crippen LogP contribution in [0.5, 0.6) is 0 Å². The Morgan fingerprint density at radius 3 is 2.03 bits per heavy atom. The van der Waals surface area contributed by atoms with Gasteiger partial charge in [-0.1, -0.05) is 63.8 Å². The van der Waals surface area contributed by atoms with E-state index in [1.807, 2.05) is 46.8 Å². The van der Waals surface area contributed by atoms with Crippen molar-refractivity contribution in [2.75, 3.05) is 0 Å². The van der Waals surface area contributed by atoms with E-state index in [4.69, 9.17) is 0 Å². The van der Waals surface area contributed by atoms with Gasteiger partial charge in [0.15, 0.2) is 5.78 Å². The number of aliphatic hydroxyl groups is 2. The molecular formula is C25H44O4. The van der Waals surface area contributed by atoms with Gasteiger partial charge in [0.25, 0.3) is 0 Å². The standard InChI is InChI=1S/C20H30O3.C5H12.H2O/c1-6-7-18(21)17-12-15(10-8-13(2)3)19(22)16(20(17)23)11-9-14(4)5;1-4-5(2)3;/h8-9,12,16,18,21-22H,6-7,10-11H2,1-5H3;5H,4H2,1-3H3;1H2. The van der Waals surface area contributed by atoms with Gasteiger partial charge >= 0.3 is 0 Å². The average Bonchev–Trinajstić information content (AvgIpc) is 2.61. The minimum Gasteiger partial charge on any atom is -0.511 e. The first-order valence-electron chi connectivity index (χ1n) is 10.7. The van der Waals surface area contributed by atoms with Crippen LogP contribution in [0.1, 0.15) is 87.5 Å². The summed E-state index contributed by atoms with van der Waals surface area (Å²) in [7, 11) is 0. The third-order valence-electron chi connectivity index (χ3n) is 4.82. The zero-order valence-corrected chi connectivity index (χ0v) is 19.8. The number of allylic oxidation sites excluding steroid dienone is 7. The van der Waals surface area contributed by atoms with E-state index in [9.17, 15) is 15.0 Å². The summed E-state index contributed by atoms with van der Waals surface area (Å²) in [6, 6.07) is 0. The van der Waals surface area contributed by atoms with Gasteiger partial charge in [0.05, 0.1) is 12.0 Å². The highest BCUT2D eigenvalue weighted by Crippen LogP contribution is 2.32. The minimum absolute atomic E-state index is 0. The van der Waals surface area contributed by atoms with Crippen molar-refractivity contribution in [3.05, 3.63) is 46.3 Å². The maximum absolute atomic E-state index is 12.7. The molecule has 0 saturated carbocycles. The third kappa shape index (κ3) is 11.2. The van der Waals surface area contributed by atoms with Gasteiger partial charge in [-0.25, -0.2) is 0 Å². The van der Waals surface area contributed by atoms with Crippen LogP contribution in [-0.2, 0) is 4.79 Å². The lowest BCUT2D eigenvalue weighted by atomic mass is 9.81. The Bertz CT molecular complexity index is 613. The van der Waals surface area contributed by atoms with Gasteiger partial charge in [-0.05, 0) is 64.5 Å². The molecule has 1 aliphatic rings. The number of hydrogen-bond donors (Lipinski definition) is 2. The molecule has 0 saturated heterocycles. The summed E-state index contributed by atoms with van der Waals surface area (Å²) in [5, 5.41) is 20.8. The molecule has 29 heavy (non-hydrogen) atoms. The van der Waals surface area contributed by atoms with Crippen LogP contribution >= 0.6 is 0 Å². The second kappa shape index (κ2) is 15.2. The maximum Gasteiger partial charge on any atom is 0.172 e. The van der Waals surface area contributed by atoms with Crippen molar-refractivity contribution in [3.8, 4) is 0 Å². The first-order chi connectivity index (χ1) is 13.0. The zero-order chi connectivity index (χ0) is 21.9. The summed E-state index contributed by atoms with van der Waals surface area (Å²) in [5.74, 6) is 0.311. The molecule has 1 aliphatic carbocycles. The van der Waals surface area contributed by atoms with Crippen LogP contribution in [0, 0.1) is 11.8 Å². The van der Waals surface area contributed by atoms with Crippen LogP contribution in [0.25, 0.3) is 0 Å². The van der Waals surface area contributed by atoms with E-state index in [0.29, 0.717) is 24.8 Å². The van der Waals surface area contributed by atoms with E-state index in [-0.39, 0.29) is 17.0 Å². The Kier molecular flexibility index (Phi) is 15.5. The van der Waals surface area contributed by atoms with Crippen LogP contribution in [0.3, 0.4) is 0 Å². The molecule has 0 amide bonds. The van der Waals surface area contributed by atoms with E-state index in [0.717, 1.165) is 29.1 Å². The Balaban J connectivity index is 0. The molecular weight excluding hydrogens is 364 g/mol. The van der Waals surface area contributed by atoms with Crippen LogP contribution < -0.4 is 0 Å². The number of carbonyl (C=O) groups excluding carboxylic acids is 1. The van der Waals surface area contributed by atoms with Crippen molar-refractivity contribution in [2.24, 2.45) is 11.8 Å². The summed E-state index contributed by atoms with van der Waals surface area (Å²) in [6.07, 6.45) is 8.66. The molecule has 0 bridgehead atoms. The second-order valence-electron chi connectivity index (χ2n) is 8.54. The Labute approximate surface area is 178 Å². The minimum atomic E-state index is -0.753. The van der Waals surface area contributed by atoms with Crippen molar-refractivity contribution in [2.45, 2.75) is 93.6 Å². The van der Waals surface area contributed by atoms with Gasteiger partial charge in [-0.15, -0.1) is 0 Å². The zero-order valence-electron chi connectivity index (χ0n) is 19.8. The molecule has 1 rings (SSSR count). The number of rotatable bonds is 8. The average molecular weight is 409 g/mol. The normalized spacial score (nSPS) is 17.0.